The lowest BCUT2D eigenvalue weighted by Gasteiger charge is -2.67. The second-order valence-electron chi connectivity index (χ2n) is 25.3. The molecular weight excluding hydrogens is 1220 g/mol. The Balaban J connectivity index is 1.11. The number of hydrogen-bond donors (Lipinski definition) is 8. The highest BCUT2D eigenvalue weighted by molar-refractivity contribution is 5.97. The quantitative estimate of drug-likeness (QED) is 0.0268. The molecule has 2 bridgehead atoms. The Kier molecular flexibility index (Phi) is 22.4. The molecule has 4 aromatic rings. The molecule has 8 rings (SSSR count). The summed E-state index contributed by atoms with van der Waals surface area (Å²) in [5.41, 5.74) is -1.87. The smallest absolute Gasteiger partial charge is 0.350 e. The van der Waals surface area contributed by atoms with Crippen LogP contribution in [0.25, 0.3) is 0 Å². The zero-order valence-electron chi connectivity index (χ0n) is 53.7. The molecule has 3 aliphatic carbocycles. The van der Waals surface area contributed by atoms with Crippen LogP contribution in [0, 0.1) is 22.7 Å². The van der Waals surface area contributed by atoms with E-state index in [1.54, 1.807) is 97.1 Å². The average Bonchev–Trinajstić information content (AvgIpc) is 0.670. The number of esters is 5. The van der Waals surface area contributed by atoms with Gasteiger partial charge in [0.25, 0.3) is 5.91 Å². The molecule has 9 N–H and O–H groups in total. The van der Waals surface area contributed by atoms with Crippen molar-refractivity contribution >= 4 is 65.2 Å². The predicted molar refractivity (Wildman–Crippen MR) is 335 cm³/mol. The summed E-state index contributed by atoms with van der Waals surface area (Å²) < 4.78 is 37.0. The number of fused-ring (bicyclic) bond motifs is 5. The number of hydrogen-bond acceptors (Lipinski definition) is 20. The summed E-state index contributed by atoms with van der Waals surface area (Å²) in [4.78, 5) is 154. The van der Waals surface area contributed by atoms with Gasteiger partial charge < -0.3 is 71.0 Å². The number of amides is 5. The number of nitrogens with one attached hydrogen (secondary N) is 5. The maximum atomic E-state index is 15.9. The number of ketones is 1. The van der Waals surface area contributed by atoms with Gasteiger partial charge in [0.05, 0.1) is 49.1 Å². The fraction of sp³-hybridized carbons (Fsp3) is 0.464. The van der Waals surface area contributed by atoms with Gasteiger partial charge in [0, 0.05) is 50.6 Å². The predicted octanol–water partition coefficient (Wildman–Crippen LogP) is 3.13. The Morgan fingerprint density at radius 3 is 1.90 bits per heavy atom. The topological polar surface area (TPSA) is 370 Å². The maximum absolute atomic E-state index is 15.9. The molecule has 0 radical (unpaired) electrons. The number of carbonyl (C=O) groups excluding carboxylic acids is 11. The normalized spacial score (nSPS) is 25.4. The fourth-order valence-electron chi connectivity index (χ4n) is 13.4. The first-order valence-corrected chi connectivity index (χ1v) is 31.1. The Morgan fingerprint density at radius 1 is 0.723 bits per heavy atom. The molecule has 13 atom stereocenters. The minimum atomic E-state index is -2.56. The first-order valence-electron chi connectivity index (χ1n) is 31.1. The van der Waals surface area contributed by atoms with Crippen molar-refractivity contribution in [1.82, 2.24) is 26.6 Å². The molecule has 4 aromatic carbocycles. The third kappa shape index (κ3) is 15.2. The Morgan fingerprint density at radius 2 is 1.33 bits per heavy atom. The van der Waals surface area contributed by atoms with Crippen LogP contribution in [0.1, 0.15) is 119 Å². The molecule has 25 heteroatoms. The fourth-order valence-corrected chi connectivity index (χ4v) is 13.4. The van der Waals surface area contributed by atoms with E-state index in [4.69, 9.17) is 34.2 Å². The van der Waals surface area contributed by atoms with Crippen molar-refractivity contribution in [2.24, 2.45) is 28.4 Å². The Labute approximate surface area is 543 Å². The van der Waals surface area contributed by atoms with Crippen molar-refractivity contribution in [2.75, 3.05) is 26.2 Å². The van der Waals surface area contributed by atoms with E-state index < -0.39 is 180 Å². The molecule has 3 fully saturated rings. The molecule has 1 heterocycles. The summed E-state index contributed by atoms with van der Waals surface area (Å²) in [7, 11) is 0. The van der Waals surface area contributed by atoms with E-state index >= 15 is 9.59 Å². The Bertz CT molecular complexity index is 3520. The zero-order chi connectivity index (χ0) is 68.5. The molecule has 2 saturated carbocycles. The van der Waals surface area contributed by atoms with E-state index in [9.17, 15) is 53.4 Å². The van der Waals surface area contributed by atoms with Crippen LogP contribution in [0.4, 0.5) is 0 Å². The zero-order valence-corrected chi connectivity index (χ0v) is 53.7. The summed E-state index contributed by atoms with van der Waals surface area (Å²) in [5, 5.41) is 39.5. The SMILES string of the molecule is CC(=O)O[C@H]1C(=O)[C@@]2(C)C([C@H](OC(=O)c3ccccc3)[C@]3(O)C[C@H](OC(=O)[C@H](OC(=O)CCNC(=O)CNC(=O)[C@H](CC(C)C)NC(=O)[C@H](Cc4ccccc4)NC(=O)CN)[C@@H](NC(=O)c4ccccc4)c4ccccc4)C(C)=C1C3(C)C)[C@]1(OC(C)=O)CO[C@@H]1C[C@@H]2O. The molecule has 1 aliphatic heterocycles. The van der Waals surface area contributed by atoms with Crippen LogP contribution in [0.3, 0.4) is 0 Å². The van der Waals surface area contributed by atoms with Crippen molar-refractivity contribution in [3.8, 4) is 0 Å². The average molecular weight is 1300 g/mol. The minimum Gasteiger partial charge on any atom is -0.455 e. The summed E-state index contributed by atoms with van der Waals surface area (Å²) in [6, 6.07) is 28.5. The third-order valence-electron chi connectivity index (χ3n) is 18.3. The van der Waals surface area contributed by atoms with Gasteiger partial charge in [0.2, 0.25) is 29.7 Å². The van der Waals surface area contributed by atoms with Gasteiger partial charge in [0.15, 0.2) is 17.5 Å². The largest absolute Gasteiger partial charge is 0.455 e. The van der Waals surface area contributed by atoms with E-state index in [1.807, 2.05) is 13.8 Å². The molecule has 1 saturated heterocycles. The first-order chi connectivity index (χ1) is 44.6. The van der Waals surface area contributed by atoms with Gasteiger partial charge in [-0.2, -0.15) is 0 Å². The highest BCUT2D eigenvalue weighted by Crippen LogP contribution is 2.64. The van der Waals surface area contributed by atoms with E-state index in [0.29, 0.717) is 0 Å². The second-order valence-corrected chi connectivity index (χ2v) is 25.3. The lowest BCUT2D eigenvalue weighted by molar-refractivity contribution is -0.346. The van der Waals surface area contributed by atoms with E-state index in [0.717, 1.165) is 19.4 Å². The lowest BCUT2D eigenvalue weighted by atomic mass is 9.44. The van der Waals surface area contributed by atoms with Crippen LogP contribution in [-0.2, 0) is 78.0 Å². The number of benzene rings is 4. The summed E-state index contributed by atoms with van der Waals surface area (Å²) >= 11 is 0. The first kappa shape index (κ1) is 70.7. The molecule has 502 valence electrons. The summed E-state index contributed by atoms with van der Waals surface area (Å²) in [6.07, 6.45) is -11.9. The second kappa shape index (κ2) is 29.8. The monoisotopic (exact) mass is 1300 g/mol. The number of aliphatic hydroxyl groups excluding tert-OH is 1. The van der Waals surface area contributed by atoms with Gasteiger partial charge >= 0.3 is 29.8 Å². The number of rotatable bonds is 25. The van der Waals surface area contributed by atoms with Crippen LogP contribution < -0.4 is 32.3 Å². The number of carbonyl (C=O) groups is 11. The highest BCUT2D eigenvalue weighted by Gasteiger charge is 2.78. The molecule has 5 amide bonds. The number of ether oxygens (including phenoxy) is 6. The third-order valence-corrected chi connectivity index (χ3v) is 18.3. The van der Waals surface area contributed by atoms with Gasteiger partial charge in [-0.3, -0.25) is 43.2 Å². The number of Topliss-reactive ketones (excluding diaryl/α,β-unsaturated/α-hetero) is 1. The van der Waals surface area contributed by atoms with E-state index in [1.165, 1.54) is 52.0 Å². The minimum absolute atomic E-state index is 0.00264. The summed E-state index contributed by atoms with van der Waals surface area (Å²) in [6.45, 7) is 9.79. The van der Waals surface area contributed by atoms with Crippen molar-refractivity contribution in [1.29, 1.82) is 0 Å². The van der Waals surface area contributed by atoms with Crippen molar-refractivity contribution in [3.05, 3.63) is 155 Å². The van der Waals surface area contributed by atoms with E-state index in [2.05, 4.69) is 26.6 Å². The molecule has 25 nitrogen and oxygen atoms in total. The lowest BCUT2D eigenvalue weighted by Crippen LogP contribution is -2.82. The molecule has 1 unspecified atom stereocenters. The van der Waals surface area contributed by atoms with Crippen LogP contribution in [0.5, 0.6) is 0 Å². The van der Waals surface area contributed by atoms with Gasteiger partial charge in [-0.05, 0) is 72.7 Å². The van der Waals surface area contributed by atoms with Gasteiger partial charge in [-0.1, -0.05) is 125 Å². The molecule has 94 heavy (non-hydrogen) atoms. The Hall–Kier alpha value is -9.17. The van der Waals surface area contributed by atoms with Crippen LogP contribution in [0.15, 0.2) is 132 Å². The van der Waals surface area contributed by atoms with Crippen LogP contribution in [0.2, 0.25) is 0 Å². The molecular formula is C69H82N6O19. The van der Waals surface area contributed by atoms with Crippen LogP contribution in [-0.4, -0.2) is 162 Å². The number of nitrogens with two attached hydrogens (primary N) is 1. The van der Waals surface area contributed by atoms with Crippen molar-refractivity contribution in [3.63, 3.8) is 0 Å². The molecule has 0 aromatic heterocycles. The van der Waals surface area contributed by atoms with Gasteiger partial charge in [-0.25, -0.2) is 9.59 Å². The standard InChI is InChI=1S/C69H82N6O19/c1-38(2)31-46(74-63(85)47(73-51(79)35-70)32-42-21-13-9-14-22-42)62(84)72-36-52(80)71-30-29-53(81)92-57(55(43-23-15-10-16-24-43)75-61(83)44-25-17-11-18-26-44)65(87)91-48-34-69(88)60(93-64(86)45-27-19-12-20-28-45)58-67(8,49(78)33-50-68(58,37-89-50)94-41(5)77)59(82)56(90-40(4)76)54(39(48)3)66(69,6)7/h9-28,38,46-50,55-58,60,78,88H,29-37,70H2,1-8H3,(H,71,80)(H,72,84)(H,73,79)(H,74,85)(H,75,83)/t46-,47-,48-,49-,50+,55-,56+,57+,58?,60-,67+,68-,69+/m0/s1. The van der Waals surface area contributed by atoms with Crippen molar-refractivity contribution in [2.45, 2.75) is 153 Å². The van der Waals surface area contributed by atoms with Gasteiger partial charge in [-0.15, -0.1) is 0 Å². The highest BCUT2D eigenvalue weighted by atomic mass is 16.6. The number of aliphatic hydroxyl groups is 2. The van der Waals surface area contributed by atoms with E-state index in [-0.39, 0.29) is 59.6 Å². The maximum Gasteiger partial charge on any atom is 0.350 e. The summed E-state index contributed by atoms with van der Waals surface area (Å²) in [5.74, 6) is -11.5. The molecule has 4 aliphatic rings. The van der Waals surface area contributed by atoms with Crippen molar-refractivity contribution < 1.29 is 91.4 Å². The van der Waals surface area contributed by atoms with Crippen LogP contribution >= 0.6 is 0 Å². The van der Waals surface area contributed by atoms with Gasteiger partial charge in [0.1, 0.15) is 42.0 Å². The molecule has 0 spiro atoms.